The van der Waals surface area contributed by atoms with Gasteiger partial charge in [0, 0.05) is 24.2 Å². The van der Waals surface area contributed by atoms with Gasteiger partial charge in [-0.15, -0.1) is 0 Å². The van der Waals surface area contributed by atoms with Crippen LogP contribution in [-0.4, -0.2) is 56.6 Å². The van der Waals surface area contributed by atoms with Crippen LogP contribution in [0.15, 0.2) is 54.6 Å². The molecule has 3 N–H and O–H groups in total. The van der Waals surface area contributed by atoms with Crippen LogP contribution in [0.5, 0.6) is 40.2 Å². The minimum Gasteiger partial charge on any atom is -0.504 e. The molecule has 228 valence electrons. The van der Waals surface area contributed by atoms with Crippen LogP contribution in [-0.2, 0) is 25.7 Å². The zero-order chi connectivity index (χ0) is 30.5. The van der Waals surface area contributed by atoms with Gasteiger partial charge in [-0.2, -0.15) is 0 Å². The summed E-state index contributed by atoms with van der Waals surface area (Å²) in [6.07, 6.45) is 3.41. The third-order valence-electron chi connectivity index (χ3n) is 9.47. The minimum atomic E-state index is 0.0267. The second-order valence-electron chi connectivity index (χ2n) is 11.9. The van der Waals surface area contributed by atoms with E-state index in [-0.39, 0.29) is 23.6 Å². The molecule has 0 radical (unpaired) electrons. The number of nitrogens with zero attached hydrogens (tertiary/aromatic N) is 1. The smallest absolute Gasteiger partial charge is 0.169 e. The molecule has 2 heterocycles. The van der Waals surface area contributed by atoms with Crippen LogP contribution in [0.3, 0.4) is 0 Å². The van der Waals surface area contributed by atoms with E-state index in [0.29, 0.717) is 17.2 Å². The van der Waals surface area contributed by atoms with Crippen molar-refractivity contribution in [3.63, 3.8) is 0 Å². The standard InChI is InChI=1S/C36H38N2O6/c1-38-12-10-22-16-33(43-4)36(40)35-26-18-29(39)30(17-23(26)14-28(38)34(22)35)44-24-7-5-20(6-8-24)13-27-25-19-32(42-3)31(41-2)15-21(25)9-11-37-27/h5-8,15-19,27-28,37,39-40H,9-14H2,1-4H3/t27-,28+/m0/s1. The molecule has 0 bridgehead atoms. The molecule has 0 saturated heterocycles. The first-order chi connectivity index (χ1) is 21.4. The molecule has 8 nitrogen and oxygen atoms in total. The van der Waals surface area contributed by atoms with E-state index in [1.807, 2.05) is 24.3 Å². The first-order valence-corrected chi connectivity index (χ1v) is 15.1. The Labute approximate surface area is 257 Å². The Balaban J connectivity index is 1.14. The fourth-order valence-electron chi connectivity index (χ4n) is 7.17. The molecule has 7 rings (SSSR count). The van der Waals surface area contributed by atoms with Crippen molar-refractivity contribution in [2.75, 3.05) is 41.5 Å². The van der Waals surface area contributed by atoms with E-state index in [2.05, 4.69) is 41.5 Å². The number of likely N-dealkylation sites (N-methyl/N-ethyl adjacent to an activating group) is 1. The quantitative estimate of drug-likeness (QED) is 0.237. The first-order valence-electron chi connectivity index (χ1n) is 15.1. The topological polar surface area (TPSA) is 92.7 Å². The summed E-state index contributed by atoms with van der Waals surface area (Å²) < 4.78 is 22.8. The largest absolute Gasteiger partial charge is 0.504 e. The van der Waals surface area contributed by atoms with Gasteiger partial charge in [-0.25, -0.2) is 0 Å². The molecule has 2 atom stereocenters. The van der Waals surface area contributed by atoms with E-state index < -0.39 is 0 Å². The number of hydrogen-bond donors (Lipinski definition) is 3. The molecule has 1 aliphatic carbocycles. The Bertz CT molecular complexity index is 1730. The Hall–Kier alpha value is -4.40. The zero-order valence-electron chi connectivity index (χ0n) is 25.6. The summed E-state index contributed by atoms with van der Waals surface area (Å²) in [5, 5.41) is 25.9. The van der Waals surface area contributed by atoms with Gasteiger partial charge in [0.05, 0.1) is 21.3 Å². The lowest BCUT2D eigenvalue weighted by Gasteiger charge is -2.40. The van der Waals surface area contributed by atoms with Gasteiger partial charge >= 0.3 is 0 Å². The van der Waals surface area contributed by atoms with Crippen molar-refractivity contribution in [2.24, 2.45) is 0 Å². The summed E-state index contributed by atoms with van der Waals surface area (Å²) in [5.41, 5.74) is 8.58. The van der Waals surface area contributed by atoms with Gasteiger partial charge in [0.15, 0.2) is 34.5 Å². The number of methoxy groups -OCH3 is 3. The monoisotopic (exact) mass is 594 g/mol. The van der Waals surface area contributed by atoms with Crippen molar-refractivity contribution < 1.29 is 29.2 Å². The predicted molar refractivity (Wildman–Crippen MR) is 169 cm³/mol. The van der Waals surface area contributed by atoms with Crippen LogP contribution >= 0.6 is 0 Å². The van der Waals surface area contributed by atoms with Crippen LogP contribution in [0.4, 0.5) is 0 Å². The molecule has 3 aliphatic rings. The normalized spacial score (nSPS) is 18.5. The number of ether oxygens (including phenoxy) is 4. The molecule has 0 fully saturated rings. The Morgan fingerprint density at radius 2 is 1.52 bits per heavy atom. The van der Waals surface area contributed by atoms with Crippen LogP contribution in [0, 0.1) is 0 Å². The van der Waals surface area contributed by atoms with Crippen molar-refractivity contribution in [1.82, 2.24) is 10.2 Å². The van der Waals surface area contributed by atoms with E-state index >= 15 is 0 Å². The second-order valence-corrected chi connectivity index (χ2v) is 11.9. The van der Waals surface area contributed by atoms with Gasteiger partial charge in [0.1, 0.15) is 5.75 Å². The molecular formula is C36H38N2O6. The summed E-state index contributed by atoms with van der Waals surface area (Å²) in [6.45, 7) is 1.83. The van der Waals surface area contributed by atoms with Crippen molar-refractivity contribution >= 4 is 0 Å². The SMILES string of the molecule is COc1cc2c(cc1OC)[C@H](Cc1ccc(Oc3cc4c(cc3O)-c3c(O)c(OC)cc5c3[C@@H](C4)N(C)CC5)cc1)NCC2. The highest BCUT2D eigenvalue weighted by Crippen LogP contribution is 2.53. The summed E-state index contributed by atoms with van der Waals surface area (Å²) in [7, 11) is 7.03. The second kappa shape index (κ2) is 11.3. The molecule has 0 unspecified atom stereocenters. The number of fused-ring (bicyclic) bond motifs is 3. The van der Waals surface area contributed by atoms with Gasteiger partial charge in [-0.3, -0.25) is 4.90 Å². The average molecular weight is 595 g/mol. The molecule has 0 spiro atoms. The highest BCUT2D eigenvalue weighted by molar-refractivity contribution is 5.84. The molecule has 4 aromatic carbocycles. The van der Waals surface area contributed by atoms with Crippen LogP contribution < -0.4 is 24.3 Å². The fourth-order valence-corrected chi connectivity index (χ4v) is 7.17. The Morgan fingerprint density at radius 1 is 0.818 bits per heavy atom. The molecule has 0 amide bonds. The van der Waals surface area contributed by atoms with Crippen molar-refractivity contribution in [1.29, 1.82) is 0 Å². The minimum absolute atomic E-state index is 0.0267. The first kappa shape index (κ1) is 28.4. The molecule has 2 aliphatic heterocycles. The molecular weight excluding hydrogens is 556 g/mol. The van der Waals surface area contributed by atoms with Crippen LogP contribution in [0.1, 0.15) is 45.5 Å². The van der Waals surface area contributed by atoms with Gasteiger partial charge in [0.2, 0.25) is 0 Å². The van der Waals surface area contributed by atoms with Crippen LogP contribution in [0.25, 0.3) is 11.1 Å². The average Bonchev–Trinajstić information content (AvgIpc) is 3.04. The fraction of sp³-hybridized carbons (Fsp3) is 0.333. The van der Waals surface area contributed by atoms with Crippen LogP contribution in [0.2, 0.25) is 0 Å². The zero-order valence-corrected chi connectivity index (χ0v) is 25.6. The van der Waals surface area contributed by atoms with E-state index in [9.17, 15) is 10.2 Å². The lowest BCUT2D eigenvalue weighted by Crippen LogP contribution is -2.35. The lowest BCUT2D eigenvalue weighted by atomic mass is 9.76. The summed E-state index contributed by atoms with van der Waals surface area (Å²) in [5.74, 6) is 3.13. The predicted octanol–water partition coefficient (Wildman–Crippen LogP) is 6.10. The third kappa shape index (κ3) is 4.78. The van der Waals surface area contributed by atoms with Gasteiger partial charge < -0.3 is 34.5 Å². The summed E-state index contributed by atoms with van der Waals surface area (Å²) in [6, 6.07) is 18.1. The highest BCUT2D eigenvalue weighted by Gasteiger charge is 2.36. The lowest BCUT2D eigenvalue weighted by molar-refractivity contribution is 0.226. The van der Waals surface area contributed by atoms with E-state index in [1.54, 1.807) is 27.4 Å². The summed E-state index contributed by atoms with van der Waals surface area (Å²) >= 11 is 0. The third-order valence-corrected chi connectivity index (χ3v) is 9.47. The maximum absolute atomic E-state index is 11.2. The van der Waals surface area contributed by atoms with E-state index in [1.165, 1.54) is 22.3 Å². The number of nitrogens with one attached hydrogen (secondary N) is 1. The molecule has 0 aromatic heterocycles. The van der Waals surface area contributed by atoms with Gasteiger partial charge in [0.25, 0.3) is 0 Å². The summed E-state index contributed by atoms with van der Waals surface area (Å²) in [4.78, 5) is 2.33. The Morgan fingerprint density at radius 3 is 2.27 bits per heavy atom. The highest BCUT2D eigenvalue weighted by atomic mass is 16.5. The molecule has 4 aromatic rings. The number of benzene rings is 4. The number of rotatable bonds is 7. The number of aromatic hydroxyl groups is 2. The number of phenolic OH excluding ortho intramolecular Hbond substituents is 2. The van der Waals surface area contributed by atoms with Crippen molar-refractivity contribution in [2.45, 2.75) is 37.8 Å². The molecule has 0 saturated carbocycles. The maximum Gasteiger partial charge on any atom is 0.169 e. The van der Waals surface area contributed by atoms with E-state index in [0.717, 1.165) is 72.5 Å². The van der Waals surface area contributed by atoms with Crippen molar-refractivity contribution in [3.05, 3.63) is 88.0 Å². The van der Waals surface area contributed by atoms with Crippen molar-refractivity contribution in [3.8, 4) is 51.4 Å². The maximum atomic E-state index is 11.2. The molecule has 8 heteroatoms. The number of hydrogen-bond acceptors (Lipinski definition) is 8. The molecule has 44 heavy (non-hydrogen) atoms. The Kier molecular flexibility index (Phi) is 7.26. The van der Waals surface area contributed by atoms with E-state index in [4.69, 9.17) is 18.9 Å². The van der Waals surface area contributed by atoms with Gasteiger partial charge in [-0.1, -0.05) is 12.1 Å². The van der Waals surface area contributed by atoms with Gasteiger partial charge in [-0.05, 0) is 121 Å². The number of phenols is 2.